The number of hydrogen-bond acceptors (Lipinski definition) is 4. The fraction of sp³-hybridized carbons (Fsp3) is 0.462. The number of rotatable bonds is 4. The summed E-state index contributed by atoms with van der Waals surface area (Å²) in [6.07, 6.45) is 3.42. The number of sulfonamides is 1. The average Bonchev–Trinajstić information content (AvgIpc) is 2.90. The Morgan fingerprint density at radius 2 is 2.00 bits per heavy atom. The number of halogens is 1. The van der Waals surface area contributed by atoms with Crippen molar-refractivity contribution in [3.8, 4) is 0 Å². The molecule has 0 spiro atoms. The second-order valence-electron chi connectivity index (χ2n) is 4.73. The first-order valence-corrected chi connectivity index (χ1v) is 7.82. The van der Waals surface area contributed by atoms with Crippen LogP contribution in [0.4, 0.5) is 4.39 Å². The molecular weight excluding hydrogens is 285 g/mol. The van der Waals surface area contributed by atoms with E-state index in [1.165, 1.54) is 0 Å². The Morgan fingerprint density at radius 3 is 2.60 bits per heavy atom. The van der Waals surface area contributed by atoms with Crippen LogP contribution >= 0.6 is 0 Å². The fourth-order valence-corrected chi connectivity index (χ4v) is 3.83. The maximum Gasteiger partial charge on any atom is 0.339 e. The first-order chi connectivity index (χ1) is 9.44. The maximum absolute atomic E-state index is 13.3. The molecule has 20 heavy (non-hydrogen) atoms. The predicted molar refractivity (Wildman–Crippen MR) is 70.3 cm³/mol. The summed E-state index contributed by atoms with van der Waals surface area (Å²) in [5, 5.41) is 0. The standard InChI is InChI=1S/C13H16FNO4S/c1-19-13(16)11-7-6-9(14)8-12(11)20(17,18)15-10-4-2-3-5-10/h6-8,10,15H,2-5H2,1H3. The van der Waals surface area contributed by atoms with Gasteiger partial charge in [0.2, 0.25) is 10.0 Å². The zero-order valence-corrected chi connectivity index (χ0v) is 11.9. The van der Waals surface area contributed by atoms with Gasteiger partial charge in [0, 0.05) is 6.04 Å². The van der Waals surface area contributed by atoms with Crippen molar-refractivity contribution in [1.82, 2.24) is 4.72 Å². The van der Waals surface area contributed by atoms with E-state index in [0.29, 0.717) is 0 Å². The second kappa shape index (κ2) is 5.88. The van der Waals surface area contributed by atoms with Gasteiger partial charge in [-0.3, -0.25) is 0 Å². The van der Waals surface area contributed by atoms with Crippen molar-refractivity contribution in [1.29, 1.82) is 0 Å². The van der Waals surface area contributed by atoms with Gasteiger partial charge in [-0.05, 0) is 31.0 Å². The molecule has 0 atom stereocenters. The van der Waals surface area contributed by atoms with E-state index < -0.39 is 21.8 Å². The molecule has 1 aliphatic carbocycles. The highest BCUT2D eigenvalue weighted by molar-refractivity contribution is 7.89. The summed E-state index contributed by atoms with van der Waals surface area (Å²) in [6.45, 7) is 0. The van der Waals surface area contributed by atoms with Crippen LogP contribution in [0.3, 0.4) is 0 Å². The Bertz CT molecular complexity index is 609. The van der Waals surface area contributed by atoms with Gasteiger partial charge in [-0.1, -0.05) is 12.8 Å². The van der Waals surface area contributed by atoms with Crippen molar-refractivity contribution in [3.63, 3.8) is 0 Å². The first-order valence-electron chi connectivity index (χ1n) is 6.34. The Labute approximate surface area is 117 Å². The van der Waals surface area contributed by atoms with E-state index in [1.54, 1.807) is 0 Å². The summed E-state index contributed by atoms with van der Waals surface area (Å²) < 4.78 is 45.0. The molecule has 1 saturated carbocycles. The van der Waals surface area contributed by atoms with Gasteiger partial charge < -0.3 is 4.74 Å². The third kappa shape index (κ3) is 3.16. The van der Waals surface area contributed by atoms with Crippen LogP contribution in [0, 0.1) is 5.82 Å². The molecule has 0 amide bonds. The summed E-state index contributed by atoms with van der Waals surface area (Å²) in [5.41, 5.74) is -0.167. The lowest BCUT2D eigenvalue weighted by molar-refractivity contribution is 0.0596. The van der Waals surface area contributed by atoms with Crippen molar-refractivity contribution in [3.05, 3.63) is 29.6 Å². The van der Waals surface area contributed by atoms with Gasteiger partial charge in [0.05, 0.1) is 17.6 Å². The molecule has 1 aliphatic rings. The van der Waals surface area contributed by atoms with E-state index >= 15 is 0 Å². The van der Waals surface area contributed by atoms with Gasteiger partial charge in [0.25, 0.3) is 0 Å². The second-order valence-corrected chi connectivity index (χ2v) is 6.42. The number of esters is 1. The van der Waals surface area contributed by atoms with Crippen molar-refractivity contribution in [2.45, 2.75) is 36.6 Å². The van der Waals surface area contributed by atoms with Crippen LogP contribution in [-0.4, -0.2) is 27.5 Å². The monoisotopic (exact) mass is 301 g/mol. The molecule has 5 nitrogen and oxygen atoms in total. The summed E-state index contributed by atoms with van der Waals surface area (Å²) in [4.78, 5) is 11.2. The molecule has 1 N–H and O–H groups in total. The number of carbonyl (C=O) groups is 1. The number of hydrogen-bond donors (Lipinski definition) is 1. The molecule has 7 heteroatoms. The smallest absolute Gasteiger partial charge is 0.339 e. The van der Waals surface area contributed by atoms with Gasteiger partial charge in [-0.2, -0.15) is 0 Å². The number of nitrogens with one attached hydrogen (secondary N) is 1. The van der Waals surface area contributed by atoms with Crippen LogP contribution in [0.15, 0.2) is 23.1 Å². The Hall–Kier alpha value is -1.47. The number of methoxy groups -OCH3 is 1. The zero-order chi connectivity index (χ0) is 14.8. The lowest BCUT2D eigenvalue weighted by Crippen LogP contribution is -2.33. The average molecular weight is 301 g/mol. The van der Waals surface area contributed by atoms with Crippen LogP contribution < -0.4 is 4.72 Å². The van der Waals surface area contributed by atoms with E-state index in [-0.39, 0.29) is 16.5 Å². The minimum Gasteiger partial charge on any atom is -0.465 e. The minimum atomic E-state index is -3.94. The summed E-state index contributed by atoms with van der Waals surface area (Å²) in [7, 11) is -2.80. The lowest BCUT2D eigenvalue weighted by Gasteiger charge is -2.14. The van der Waals surface area contributed by atoms with Crippen LogP contribution in [0.1, 0.15) is 36.0 Å². The molecule has 0 aliphatic heterocycles. The van der Waals surface area contributed by atoms with Gasteiger partial charge >= 0.3 is 5.97 Å². The zero-order valence-electron chi connectivity index (χ0n) is 11.1. The van der Waals surface area contributed by atoms with E-state index in [0.717, 1.165) is 51.0 Å². The number of carbonyl (C=O) groups excluding carboxylic acids is 1. The number of benzene rings is 1. The molecule has 110 valence electrons. The molecule has 0 unspecified atom stereocenters. The predicted octanol–water partition coefficient (Wildman–Crippen LogP) is 1.83. The highest BCUT2D eigenvalue weighted by Gasteiger charge is 2.27. The highest BCUT2D eigenvalue weighted by Crippen LogP contribution is 2.23. The first kappa shape index (κ1) is 14.9. The van der Waals surface area contributed by atoms with Crippen molar-refractivity contribution in [2.24, 2.45) is 0 Å². The van der Waals surface area contributed by atoms with Crippen molar-refractivity contribution < 1.29 is 22.3 Å². The highest BCUT2D eigenvalue weighted by atomic mass is 32.2. The van der Waals surface area contributed by atoms with E-state index in [9.17, 15) is 17.6 Å². The van der Waals surface area contributed by atoms with Crippen LogP contribution in [0.25, 0.3) is 0 Å². The number of ether oxygens (including phenoxy) is 1. The summed E-state index contributed by atoms with van der Waals surface area (Å²) in [6, 6.07) is 2.82. The topological polar surface area (TPSA) is 72.5 Å². The molecular formula is C13H16FNO4S. The van der Waals surface area contributed by atoms with Crippen LogP contribution in [0.5, 0.6) is 0 Å². The van der Waals surface area contributed by atoms with Crippen LogP contribution in [0.2, 0.25) is 0 Å². The Balaban J connectivity index is 2.38. The Morgan fingerprint density at radius 1 is 1.35 bits per heavy atom. The largest absolute Gasteiger partial charge is 0.465 e. The third-order valence-electron chi connectivity index (χ3n) is 3.32. The van der Waals surface area contributed by atoms with E-state index in [1.807, 2.05) is 0 Å². The van der Waals surface area contributed by atoms with Gasteiger partial charge in [-0.25, -0.2) is 22.3 Å². The van der Waals surface area contributed by atoms with Crippen LogP contribution in [-0.2, 0) is 14.8 Å². The molecule has 2 rings (SSSR count). The van der Waals surface area contributed by atoms with Crippen molar-refractivity contribution in [2.75, 3.05) is 7.11 Å². The fourth-order valence-electron chi connectivity index (χ4n) is 2.32. The third-order valence-corrected chi connectivity index (χ3v) is 4.88. The van der Waals surface area contributed by atoms with Gasteiger partial charge in [-0.15, -0.1) is 0 Å². The maximum atomic E-state index is 13.3. The SMILES string of the molecule is COC(=O)c1ccc(F)cc1S(=O)(=O)NC1CCCC1. The summed E-state index contributed by atoms with van der Waals surface area (Å²) >= 11 is 0. The molecule has 0 aromatic heterocycles. The van der Waals surface area contributed by atoms with Gasteiger partial charge in [0.15, 0.2) is 0 Å². The molecule has 0 heterocycles. The van der Waals surface area contributed by atoms with E-state index in [4.69, 9.17) is 0 Å². The normalized spacial score (nSPS) is 16.3. The lowest BCUT2D eigenvalue weighted by atomic mass is 10.2. The Kier molecular flexibility index (Phi) is 4.39. The quantitative estimate of drug-likeness (QED) is 0.861. The van der Waals surface area contributed by atoms with Gasteiger partial charge in [0.1, 0.15) is 5.82 Å². The molecule has 1 aromatic carbocycles. The molecule has 0 radical (unpaired) electrons. The molecule has 0 saturated heterocycles. The van der Waals surface area contributed by atoms with E-state index in [2.05, 4.69) is 9.46 Å². The molecule has 1 aromatic rings. The molecule has 1 fully saturated rings. The summed E-state index contributed by atoms with van der Waals surface area (Å²) in [5.74, 6) is -1.53. The molecule has 0 bridgehead atoms. The minimum absolute atomic E-state index is 0.159. The van der Waals surface area contributed by atoms with Crippen molar-refractivity contribution >= 4 is 16.0 Å².